The minimum atomic E-state index is -0.398. The lowest BCUT2D eigenvalue weighted by Gasteiger charge is -2.30. The van der Waals surface area contributed by atoms with Crippen molar-refractivity contribution in [2.45, 2.75) is 26.2 Å². The number of carbonyl (C=O) groups excluding carboxylic acids is 2. The van der Waals surface area contributed by atoms with Gasteiger partial charge in [-0.2, -0.15) is 0 Å². The second-order valence-corrected chi connectivity index (χ2v) is 8.73. The Balaban J connectivity index is 1.36. The molecule has 1 unspecified atom stereocenters. The Morgan fingerprint density at radius 3 is 2.62 bits per heavy atom. The number of aromatic nitrogens is 2. The van der Waals surface area contributed by atoms with E-state index in [0.717, 1.165) is 42.0 Å². The highest BCUT2D eigenvalue weighted by molar-refractivity contribution is 9.10. The van der Waals surface area contributed by atoms with Gasteiger partial charge >= 0.3 is 0 Å². The highest BCUT2D eigenvalue weighted by atomic mass is 79.9. The minimum Gasteiger partial charge on any atom is -0.341 e. The van der Waals surface area contributed by atoms with Gasteiger partial charge in [-0.25, -0.2) is 9.97 Å². The summed E-state index contributed by atoms with van der Waals surface area (Å²) in [6.07, 6.45) is 5.77. The normalized spacial score (nSPS) is 20.2. The number of hydrogen-bond donors (Lipinski definition) is 1. The van der Waals surface area contributed by atoms with E-state index in [2.05, 4.69) is 43.0 Å². The van der Waals surface area contributed by atoms with E-state index in [9.17, 15) is 9.59 Å². The van der Waals surface area contributed by atoms with Crippen LogP contribution >= 0.6 is 15.9 Å². The van der Waals surface area contributed by atoms with E-state index in [4.69, 9.17) is 0 Å². The molecule has 2 amide bonds. The van der Waals surface area contributed by atoms with Crippen LogP contribution in [-0.2, 0) is 9.59 Å². The number of hydrogen-bond acceptors (Lipinski definition) is 5. The van der Waals surface area contributed by atoms with Gasteiger partial charge in [-0.15, -0.1) is 0 Å². The van der Waals surface area contributed by atoms with Crippen molar-refractivity contribution in [3.05, 3.63) is 41.1 Å². The first-order chi connectivity index (χ1) is 14.0. The van der Waals surface area contributed by atoms with Gasteiger partial charge in [0.15, 0.2) is 0 Å². The lowest BCUT2D eigenvalue weighted by molar-refractivity contribution is -0.122. The minimum absolute atomic E-state index is 0.0471. The van der Waals surface area contributed by atoms with Crippen molar-refractivity contribution in [1.29, 1.82) is 0 Å². The van der Waals surface area contributed by atoms with Gasteiger partial charge in [-0.05, 0) is 37.0 Å². The Hall–Kier alpha value is -2.48. The molecule has 0 spiro atoms. The van der Waals surface area contributed by atoms with Gasteiger partial charge < -0.3 is 15.1 Å². The average molecular weight is 458 g/mol. The maximum absolute atomic E-state index is 12.7. The Bertz CT molecular complexity index is 896. The van der Waals surface area contributed by atoms with Gasteiger partial charge in [0.25, 0.3) is 0 Å². The van der Waals surface area contributed by atoms with E-state index in [1.165, 1.54) is 0 Å². The number of nitrogens with zero attached hydrogens (tertiary/aromatic N) is 4. The van der Waals surface area contributed by atoms with Gasteiger partial charge in [0.2, 0.25) is 17.8 Å². The molecular weight excluding hydrogens is 434 g/mol. The molecule has 29 heavy (non-hydrogen) atoms. The predicted molar refractivity (Wildman–Crippen MR) is 116 cm³/mol. The van der Waals surface area contributed by atoms with Crippen molar-refractivity contribution in [2.75, 3.05) is 34.8 Å². The highest BCUT2D eigenvalue weighted by Gasteiger charge is 2.35. The number of halogens is 1. The summed E-state index contributed by atoms with van der Waals surface area (Å²) in [5.74, 6) is 0.820. The summed E-state index contributed by atoms with van der Waals surface area (Å²) in [5.41, 5.74) is 1.35. The quantitative estimate of drug-likeness (QED) is 0.760. The molecule has 1 aromatic heterocycles. The van der Waals surface area contributed by atoms with Gasteiger partial charge in [-0.3, -0.25) is 9.59 Å². The molecule has 0 aliphatic carbocycles. The highest BCUT2D eigenvalue weighted by Crippen LogP contribution is 2.28. The molecule has 7 nitrogen and oxygen atoms in total. The van der Waals surface area contributed by atoms with Crippen LogP contribution in [0.3, 0.4) is 0 Å². The lowest BCUT2D eigenvalue weighted by Crippen LogP contribution is -2.34. The lowest BCUT2D eigenvalue weighted by atomic mass is 10.00. The summed E-state index contributed by atoms with van der Waals surface area (Å²) in [6.45, 7) is 4.55. The van der Waals surface area contributed by atoms with Crippen LogP contribution < -0.4 is 15.1 Å². The van der Waals surface area contributed by atoms with E-state index in [1.807, 2.05) is 24.3 Å². The second-order valence-electron chi connectivity index (χ2n) is 7.82. The van der Waals surface area contributed by atoms with E-state index < -0.39 is 5.92 Å². The molecule has 0 bridgehead atoms. The smallest absolute Gasteiger partial charge is 0.229 e. The maximum Gasteiger partial charge on any atom is 0.229 e. The number of carbonyl (C=O) groups is 2. The van der Waals surface area contributed by atoms with E-state index >= 15 is 0 Å². The van der Waals surface area contributed by atoms with E-state index in [-0.39, 0.29) is 18.2 Å². The first kappa shape index (κ1) is 19.8. The van der Waals surface area contributed by atoms with Crippen LogP contribution in [0.5, 0.6) is 0 Å². The zero-order valence-electron chi connectivity index (χ0n) is 16.3. The Morgan fingerprint density at radius 2 is 1.93 bits per heavy atom. The summed E-state index contributed by atoms with van der Waals surface area (Å²) in [6, 6.07) is 7.54. The number of amides is 2. The fourth-order valence-electron chi connectivity index (χ4n) is 3.78. The molecule has 1 aromatic carbocycles. The summed E-state index contributed by atoms with van der Waals surface area (Å²) in [4.78, 5) is 37.7. The third-order valence-electron chi connectivity index (χ3n) is 5.59. The van der Waals surface area contributed by atoms with Crippen molar-refractivity contribution in [3.8, 4) is 0 Å². The van der Waals surface area contributed by atoms with Crippen molar-refractivity contribution >= 4 is 45.1 Å². The summed E-state index contributed by atoms with van der Waals surface area (Å²) >= 11 is 3.42. The molecule has 1 N–H and O–H groups in total. The molecule has 2 aliphatic heterocycles. The SMILES string of the molecule is CC1CCN(c2ncc(NC(=O)C3CC(=O)N(c4cccc(Br)c4)C3)cn2)CC1. The third kappa shape index (κ3) is 4.58. The van der Waals surface area contributed by atoms with Crippen LogP contribution in [0.4, 0.5) is 17.3 Å². The van der Waals surface area contributed by atoms with E-state index in [0.29, 0.717) is 18.2 Å². The van der Waals surface area contributed by atoms with Crippen LogP contribution in [0.1, 0.15) is 26.2 Å². The number of rotatable bonds is 4. The maximum atomic E-state index is 12.7. The fourth-order valence-corrected chi connectivity index (χ4v) is 4.17. The third-order valence-corrected chi connectivity index (χ3v) is 6.08. The van der Waals surface area contributed by atoms with Gasteiger partial charge in [0, 0.05) is 36.2 Å². The molecule has 2 fully saturated rings. The first-order valence-electron chi connectivity index (χ1n) is 9.93. The standard InChI is InChI=1S/C21H24BrN5O2/c1-14-5-7-26(8-6-14)21-23-11-17(12-24-21)25-20(29)15-9-19(28)27(13-15)18-4-2-3-16(22)10-18/h2-4,10-12,14-15H,5-9,13H2,1H3,(H,25,29). The van der Waals surface area contributed by atoms with Gasteiger partial charge in [0.1, 0.15) is 0 Å². The molecule has 0 saturated carbocycles. The Kier molecular flexibility index (Phi) is 5.80. The molecule has 3 heterocycles. The van der Waals surface area contributed by atoms with Crippen LogP contribution in [0.15, 0.2) is 41.1 Å². The molecule has 2 saturated heterocycles. The van der Waals surface area contributed by atoms with Crippen LogP contribution in [-0.4, -0.2) is 41.4 Å². The number of anilines is 3. The van der Waals surface area contributed by atoms with Crippen molar-refractivity contribution in [2.24, 2.45) is 11.8 Å². The van der Waals surface area contributed by atoms with Crippen LogP contribution in [0.25, 0.3) is 0 Å². The number of nitrogens with one attached hydrogen (secondary N) is 1. The zero-order chi connectivity index (χ0) is 20.4. The topological polar surface area (TPSA) is 78.4 Å². The summed E-state index contributed by atoms with van der Waals surface area (Å²) in [7, 11) is 0. The fraction of sp³-hybridized carbons (Fsp3) is 0.429. The van der Waals surface area contributed by atoms with E-state index in [1.54, 1.807) is 17.3 Å². The molecule has 2 aromatic rings. The molecule has 152 valence electrons. The summed E-state index contributed by atoms with van der Waals surface area (Å²) < 4.78 is 0.899. The molecule has 1 atom stereocenters. The van der Waals surface area contributed by atoms with Crippen LogP contribution in [0, 0.1) is 11.8 Å². The number of benzene rings is 1. The van der Waals surface area contributed by atoms with Gasteiger partial charge in [0.05, 0.1) is 24.0 Å². The molecular formula is C21H24BrN5O2. The molecule has 0 radical (unpaired) electrons. The van der Waals surface area contributed by atoms with Crippen molar-refractivity contribution in [3.63, 3.8) is 0 Å². The Morgan fingerprint density at radius 1 is 1.21 bits per heavy atom. The average Bonchev–Trinajstić information content (AvgIpc) is 3.11. The second kappa shape index (κ2) is 8.49. The molecule has 2 aliphatic rings. The van der Waals surface area contributed by atoms with Crippen LogP contribution in [0.2, 0.25) is 0 Å². The molecule has 4 rings (SSSR count). The first-order valence-corrected chi connectivity index (χ1v) is 10.7. The monoisotopic (exact) mass is 457 g/mol. The molecule has 8 heteroatoms. The summed E-state index contributed by atoms with van der Waals surface area (Å²) in [5, 5.41) is 2.85. The largest absolute Gasteiger partial charge is 0.341 e. The van der Waals surface area contributed by atoms with Crippen molar-refractivity contribution < 1.29 is 9.59 Å². The van der Waals surface area contributed by atoms with Gasteiger partial charge in [-0.1, -0.05) is 28.9 Å². The van der Waals surface area contributed by atoms with Crippen molar-refractivity contribution in [1.82, 2.24) is 9.97 Å². The number of piperidine rings is 1. The predicted octanol–water partition coefficient (Wildman–Crippen LogP) is 3.47. The Labute approximate surface area is 178 Å². The zero-order valence-corrected chi connectivity index (χ0v) is 17.9.